The van der Waals surface area contributed by atoms with Gasteiger partial charge in [-0.25, -0.2) is 4.98 Å². The molecule has 0 amide bonds. The Balaban J connectivity index is 1.89. The molecule has 0 spiro atoms. The minimum atomic E-state index is 0.440. The van der Waals surface area contributed by atoms with Crippen molar-refractivity contribution in [1.29, 1.82) is 0 Å². The summed E-state index contributed by atoms with van der Waals surface area (Å²) in [5.41, 5.74) is 2.01. The van der Waals surface area contributed by atoms with Gasteiger partial charge in [0.1, 0.15) is 5.52 Å². The summed E-state index contributed by atoms with van der Waals surface area (Å²) in [4.78, 5) is 16.1. The van der Waals surface area contributed by atoms with Gasteiger partial charge in [0.15, 0.2) is 11.5 Å². The zero-order chi connectivity index (χ0) is 12.6. The van der Waals surface area contributed by atoms with Gasteiger partial charge in [0.2, 0.25) is 5.95 Å². The van der Waals surface area contributed by atoms with Gasteiger partial charge in [0.05, 0.1) is 6.33 Å². The van der Waals surface area contributed by atoms with Gasteiger partial charge in [0.25, 0.3) is 0 Å². The topological polar surface area (TPSA) is 78.5 Å². The zero-order valence-corrected chi connectivity index (χ0v) is 10.7. The van der Waals surface area contributed by atoms with Crippen molar-refractivity contribution in [3.05, 3.63) is 6.33 Å². The van der Waals surface area contributed by atoms with Crippen LogP contribution < -0.4 is 10.6 Å². The molecule has 1 fully saturated rings. The summed E-state index contributed by atoms with van der Waals surface area (Å²) in [6.45, 7) is 6.06. The second kappa shape index (κ2) is 4.12. The van der Waals surface area contributed by atoms with Crippen LogP contribution in [0.5, 0.6) is 0 Å². The van der Waals surface area contributed by atoms with Gasteiger partial charge in [-0.15, -0.1) is 0 Å². The third kappa shape index (κ3) is 2.10. The second-order valence-electron chi connectivity index (χ2n) is 5.19. The highest BCUT2D eigenvalue weighted by Crippen LogP contribution is 2.44. The summed E-state index contributed by atoms with van der Waals surface area (Å²) >= 11 is 0. The van der Waals surface area contributed by atoms with E-state index in [-0.39, 0.29) is 0 Å². The molecule has 2 heterocycles. The van der Waals surface area contributed by atoms with Crippen LogP contribution in [0, 0.1) is 5.41 Å². The highest BCUT2D eigenvalue weighted by molar-refractivity contribution is 5.83. The SMILES string of the molecule is CCNc1nc(NCC2(C)CC2)c2[nH]cnc2n1. The van der Waals surface area contributed by atoms with Crippen molar-refractivity contribution in [3.63, 3.8) is 0 Å². The molecule has 1 aliphatic rings. The molecule has 0 unspecified atom stereocenters. The van der Waals surface area contributed by atoms with E-state index in [0.717, 1.165) is 24.4 Å². The fourth-order valence-electron chi connectivity index (χ4n) is 1.89. The smallest absolute Gasteiger partial charge is 0.226 e. The van der Waals surface area contributed by atoms with Crippen LogP contribution in [0.25, 0.3) is 11.2 Å². The summed E-state index contributed by atoms with van der Waals surface area (Å²) in [6.07, 6.45) is 4.23. The first kappa shape index (κ1) is 11.3. The quantitative estimate of drug-likeness (QED) is 0.752. The molecule has 2 aromatic rings. The van der Waals surface area contributed by atoms with Gasteiger partial charge in [-0.05, 0) is 25.2 Å². The monoisotopic (exact) mass is 246 g/mol. The van der Waals surface area contributed by atoms with E-state index < -0.39 is 0 Å². The summed E-state index contributed by atoms with van der Waals surface area (Å²) < 4.78 is 0. The Morgan fingerprint density at radius 2 is 2.17 bits per heavy atom. The minimum Gasteiger partial charge on any atom is -0.368 e. The summed E-state index contributed by atoms with van der Waals surface area (Å²) in [7, 11) is 0. The third-order valence-electron chi connectivity index (χ3n) is 3.41. The maximum Gasteiger partial charge on any atom is 0.226 e. The lowest BCUT2D eigenvalue weighted by Gasteiger charge is -2.12. The Labute approximate surface area is 106 Å². The number of anilines is 2. The van der Waals surface area contributed by atoms with Crippen molar-refractivity contribution in [2.45, 2.75) is 26.7 Å². The van der Waals surface area contributed by atoms with Crippen molar-refractivity contribution < 1.29 is 0 Å². The van der Waals surface area contributed by atoms with Crippen molar-refractivity contribution in [2.75, 3.05) is 23.7 Å². The molecule has 3 N–H and O–H groups in total. The Morgan fingerprint density at radius 3 is 2.89 bits per heavy atom. The molecule has 3 rings (SSSR count). The lowest BCUT2D eigenvalue weighted by atomic mass is 10.1. The molecule has 2 aromatic heterocycles. The first-order chi connectivity index (χ1) is 8.70. The molecule has 18 heavy (non-hydrogen) atoms. The molecular weight excluding hydrogens is 228 g/mol. The molecule has 0 saturated heterocycles. The predicted molar refractivity (Wildman–Crippen MR) is 71.7 cm³/mol. The molecule has 6 nitrogen and oxygen atoms in total. The number of aromatic nitrogens is 4. The van der Waals surface area contributed by atoms with E-state index in [1.54, 1.807) is 6.33 Å². The van der Waals surface area contributed by atoms with E-state index in [0.29, 0.717) is 17.0 Å². The van der Waals surface area contributed by atoms with Crippen LogP contribution >= 0.6 is 0 Å². The van der Waals surface area contributed by atoms with E-state index in [9.17, 15) is 0 Å². The number of hydrogen-bond donors (Lipinski definition) is 3. The lowest BCUT2D eigenvalue weighted by molar-refractivity contribution is 0.609. The fraction of sp³-hybridized carbons (Fsp3) is 0.583. The average Bonchev–Trinajstić information content (AvgIpc) is 2.90. The molecule has 0 aromatic carbocycles. The molecule has 0 aliphatic heterocycles. The van der Waals surface area contributed by atoms with Crippen LogP contribution in [0.3, 0.4) is 0 Å². The number of hydrogen-bond acceptors (Lipinski definition) is 5. The fourth-order valence-corrected chi connectivity index (χ4v) is 1.89. The number of fused-ring (bicyclic) bond motifs is 1. The summed E-state index contributed by atoms with van der Waals surface area (Å²) in [6, 6.07) is 0. The van der Waals surface area contributed by atoms with Crippen LogP contribution in [0.4, 0.5) is 11.8 Å². The molecule has 6 heteroatoms. The highest BCUT2D eigenvalue weighted by atomic mass is 15.2. The number of rotatable bonds is 5. The van der Waals surface area contributed by atoms with Crippen LogP contribution in [-0.2, 0) is 0 Å². The number of imidazole rings is 1. The number of aromatic amines is 1. The maximum absolute atomic E-state index is 4.49. The number of nitrogens with one attached hydrogen (secondary N) is 3. The summed E-state index contributed by atoms with van der Waals surface area (Å²) in [5, 5.41) is 6.54. The van der Waals surface area contributed by atoms with Gasteiger partial charge in [-0.2, -0.15) is 9.97 Å². The van der Waals surface area contributed by atoms with Crippen LogP contribution in [-0.4, -0.2) is 33.0 Å². The Morgan fingerprint density at radius 1 is 1.33 bits per heavy atom. The number of H-pyrrole nitrogens is 1. The number of nitrogens with zero attached hydrogens (tertiary/aromatic N) is 3. The lowest BCUT2D eigenvalue weighted by Crippen LogP contribution is -2.14. The largest absolute Gasteiger partial charge is 0.368 e. The Kier molecular flexibility index (Phi) is 2.57. The normalized spacial score (nSPS) is 16.8. The van der Waals surface area contributed by atoms with Crippen molar-refractivity contribution in [1.82, 2.24) is 19.9 Å². The van der Waals surface area contributed by atoms with E-state index in [4.69, 9.17) is 0 Å². The molecular formula is C12H18N6. The molecule has 0 radical (unpaired) electrons. The van der Waals surface area contributed by atoms with Crippen LogP contribution in [0.2, 0.25) is 0 Å². The molecule has 0 atom stereocenters. The van der Waals surface area contributed by atoms with Crippen molar-refractivity contribution in [2.24, 2.45) is 5.41 Å². The van der Waals surface area contributed by atoms with E-state index in [1.165, 1.54) is 12.8 Å². The van der Waals surface area contributed by atoms with Crippen LogP contribution in [0.15, 0.2) is 6.33 Å². The van der Waals surface area contributed by atoms with Gasteiger partial charge in [0, 0.05) is 13.1 Å². The first-order valence-corrected chi connectivity index (χ1v) is 6.39. The van der Waals surface area contributed by atoms with Gasteiger partial charge in [-0.1, -0.05) is 6.92 Å². The molecule has 96 valence electrons. The standard InChI is InChI=1S/C12H18N6/c1-3-13-11-17-9(14-6-12(2)4-5-12)8-10(18-11)16-7-15-8/h7H,3-6H2,1-2H3,(H3,13,14,15,16,17,18). The zero-order valence-electron chi connectivity index (χ0n) is 10.7. The Bertz CT molecular complexity index is 557. The molecule has 1 aliphatic carbocycles. The second-order valence-corrected chi connectivity index (χ2v) is 5.19. The van der Waals surface area contributed by atoms with Crippen molar-refractivity contribution >= 4 is 22.9 Å². The van der Waals surface area contributed by atoms with Crippen molar-refractivity contribution in [3.8, 4) is 0 Å². The maximum atomic E-state index is 4.49. The van der Waals surface area contributed by atoms with E-state index in [1.807, 2.05) is 6.92 Å². The highest BCUT2D eigenvalue weighted by Gasteiger charge is 2.37. The minimum absolute atomic E-state index is 0.440. The van der Waals surface area contributed by atoms with Gasteiger partial charge < -0.3 is 15.6 Å². The predicted octanol–water partition coefficient (Wildman–Crippen LogP) is 2.00. The molecule has 1 saturated carbocycles. The van der Waals surface area contributed by atoms with E-state index in [2.05, 4.69) is 37.5 Å². The third-order valence-corrected chi connectivity index (χ3v) is 3.41. The Hall–Kier alpha value is -1.85. The van der Waals surface area contributed by atoms with Gasteiger partial charge in [-0.3, -0.25) is 0 Å². The van der Waals surface area contributed by atoms with Crippen LogP contribution in [0.1, 0.15) is 26.7 Å². The molecule has 0 bridgehead atoms. The average molecular weight is 246 g/mol. The van der Waals surface area contributed by atoms with E-state index >= 15 is 0 Å². The van der Waals surface area contributed by atoms with Gasteiger partial charge >= 0.3 is 0 Å². The first-order valence-electron chi connectivity index (χ1n) is 6.39. The summed E-state index contributed by atoms with van der Waals surface area (Å²) in [5.74, 6) is 1.46.